The van der Waals surface area contributed by atoms with Gasteiger partial charge in [-0.15, -0.1) is 0 Å². The maximum absolute atomic E-state index is 10.8. The number of aromatic nitrogens is 2. The predicted molar refractivity (Wildman–Crippen MR) is 65.8 cm³/mol. The van der Waals surface area contributed by atoms with Gasteiger partial charge < -0.3 is 5.11 Å². The van der Waals surface area contributed by atoms with E-state index in [0.717, 1.165) is 25.1 Å². The first-order chi connectivity index (χ1) is 8.08. The molecule has 1 rings (SSSR count). The number of hydrogen-bond donors (Lipinski definition) is 1. The lowest BCUT2D eigenvalue weighted by Crippen LogP contribution is -2.32. The predicted octanol–water partition coefficient (Wildman–Crippen LogP) is 1.76. The van der Waals surface area contributed by atoms with Crippen LogP contribution < -0.4 is 0 Å². The summed E-state index contributed by atoms with van der Waals surface area (Å²) in [6, 6.07) is 0.0892. The van der Waals surface area contributed by atoms with Crippen molar-refractivity contribution in [2.24, 2.45) is 0 Å². The summed E-state index contributed by atoms with van der Waals surface area (Å²) in [5, 5.41) is 13.1. The Morgan fingerprint density at radius 1 is 1.59 bits per heavy atom. The summed E-state index contributed by atoms with van der Waals surface area (Å²) >= 11 is 0. The molecule has 5 heteroatoms. The summed E-state index contributed by atoms with van der Waals surface area (Å²) in [5.41, 5.74) is 1.07. The van der Waals surface area contributed by atoms with Crippen LogP contribution in [0.4, 0.5) is 0 Å². The van der Waals surface area contributed by atoms with Crippen LogP contribution in [0.25, 0.3) is 0 Å². The number of carboxylic acid groups (broad SMARTS) is 1. The Kier molecular flexibility index (Phi) is 5.15. The lowest BCUT2D eigenvalue weighted by molar-refractivity contribution is -0.138. The van der Waals surface area contributed by atoms with Crippen molar-refractivity contribution in [1.82, 2.24) is 14.7 Å². The minimum absolute atomic E-state index is 0.0757. The Morgan fingerprint density at radius 3 is 2.76 bits per heavy atom. The molecular formula is C12H21N3O2. The summed E-state index contributed by atoms with van der Waals surface area (Å²) < 4.78 is 1.86. The van der Waals surface area contributed by atoms with Gasteiger partial charge >= 0.3 is 5.97 Å². The number of nitrogens with zero attached hydrogens (tertiary/aromatic N) is 3. The normalized spacial score (nSPS) is 12.9. The van der Waals surface area contributed by atoms with E-state index >= 15 is 0 Å². The van der Waals surface area contributed by atoms with Crippen LogP contribution in [0.2, 0.25) is 0 Å². The van der Waals surface area contributed by atoms with Gasteiger partial charge in [-0.3, -0.25) is 14.4 Å². The maximum Gasteiger partial charge on any atom is 0.317 e. The minimum atomic E-state index is -0.784. The standard InChI is InChI=1S/C12H21N3O2/c1-4-6-14(9-12(16)17)10(3)11-7-13-15(5-2)8-11/h7-8,10H,4-6,9H2,1-3H3,(H,16,17). The van der Waals surface area contributed by atoms with Gasteiger partial charge in [-0.1, -0.05) is 6.92 Å². The highest BCUT2D eigenvalue weighted by molar-refractivity contribution is 5.69. The molecule has 0 radical (unpaired) electrons. The molecule has 1 N–H and O–H groups in total. The number of carboxylic acids is 1. The van der Waals surface area contributed by atoms with Gasteiger partial charge in [0, 0.05) is 24.3 Å². The topological polar surface area (TPSA) is 58.4 Å². The summed E-state index contributed by atoms with van der Waals surface area (Å²) in [4.78, 5) is 12.8. The number of rotatable bonds is 7. The highest BCUT2D eigenvalue weighted by atomic mass is 16.4. The van der Waals surface area contributed by atoms with Gasteiger partial charge in [0.2, 0.25) is 0 Å². The highest BCUT2D eigenvalue weighted by Crippen LogP contribution is 2.19. The van der Waals surface area contributed by atoms with Crippen molar-refractivity contribution < 1.29 is 9.90 Å². The van der Waals surface area contributed by atoms with E-state index in [4.69, 9.17) is 5.11 Å². The molecule has 0 saturated heterocycles. The fourth-order valence-electron chi connectivity index (χ4n) is 1.85. The molecule has 0 bridgehead atoms. The molecule has 1 unspecified atom stereocenters. The minimum Gasteiger partial charge on any atom is -0.480 e. The first kappa shape index (κ1) is 13.7. The van der Waals surface area contributed by atoms with Crippen LogP contribution >= 0.6 is 0 Å². The molecule has 1 aromatic heterocycles. The average molecular weight is 239 g/mol. The van der Waals surface area contributed by atoms with E-state index in [2.05, 4.69) is 12.0 Å². The second-order valence-electron chi connectivity index (χ2n) is 4.17. The van der Waals surface area contributed by atoms with E-state index in [1.165, 1.54) is 0 Å². The lowest BCUT2D eigenvalue weighted by atomic mass is 10.1. The Balaban J connectivity index is 2.75. The second kappa shape index (κ2) is 6.39. The first-order valence-corrected chi connectivity index (χ1v) is 6.06. The van der Waals surface area contributed by atoms with E-state index in [1.54, 1.807) is 0 Å². The summed E-state index contributed by atoms with van der Waals surface area (Å²) in [6.45, 7) is 7.80. The molecule has 96 valence electrons. The maximum atomic E-state index is 10.8. The first-order valence-electron chi connectivity index (χ1n) is 6.06. The zero-order chi connectivity index (χ0) is 12.8. The van der Waals surface area contributed by atoms with E-state index in [-0.39, 0.29) is 12.6 Å². The van der Waals surface area contributed by atoms with Gasteiger partial charge in [0.15, 0.2) is 0 Å². The quantitative estimate of drug-likeness (QED) is 0.787. The third-order valence-electron chi connectivity index (χ3n) is 2.86. The number of aliphatic carboxylic acids is 1. The fourth-order valence-corrected chi connectivity index (χ4v) is 1.85. The van der Waals surface area contributed by atoms with Crippen LogP contribution in [0.3, 0.4) is 0 Å². The molecule has 1 aromatic rings. The molecule has 0 saturated carbocycles. The molecular weight excluding hydrogens is 218 g/mol. The molecule has 0 aliphatic carbocycles. The molecule has 0 amide bonds. The molecule has 1 heterocycles. The van der Waals surface area contributed by atoms with Gasteiger partial charge in [-0.25, -0.2) is 0 Å². The highest BCUT2D eigenvalue weighted by Gasteiger charge is 2.18. The Labute approximate surface area is 102 Å². The van der Waals surface area contributed by atoms with Crippen LogP contribution in [0.15, 0.2) is 12.4 Å². The largest absolute Gasteiger partial charge is 0.480 e. The number of hydrogen-bond acceptors (Lipinski definition) is 3. The molecule has 17 heavy (non-hydrogen) atoms. The van der Waals surface area contributed by atoms with Gasteiger partial charge in [-0.2, -0.15) is 5.10 Å². The SMILES string of the molecule is CCCN(CC(=O)O)C(C)c1cnn(CC)c1. The van der Waals surface area contributed by atoms with E-state index in [0.29, 0.717) is 0 Å². The number of aryl methyl sites for hydroxylation is 1. The number of carbonyl (C=O) groups is 1. The van der Waals surface area contributed by atoms with Crippen molar-refractivity contribution in [2.45, 2.75) is 39.8 Å². The smallest absolute Gasteiger partial charge is 0.317 e. The fraction of sp³-hybridized carbons (Fsp3) is 0.667. The van der Waals surface area contributed by atoms with Gasteiger partial charge in [-0.05, 0) is 26.8 Å². The second-order valence-corrected chi connectivity index (χ2v) is 4.17. The molecule has 0 aromatic carbocycles. The van der Waals surface area contributed by atoms with Crippen LogP contribution in [0.5, 0.6) is 0 Å². The zero-order valence-corrected chi connectivity index (χ0v) is 10.8. The molecule has 0 spiro atoms. The monoisotopic (exact) mass is 239 g/mol. The Morgan fingerprint density at radius 2 is 2.29 bits per heavy atom. The van der Waals surface area contributed by atoms with Crippen molar-refractivity contribution >= 4 is 5.97 Å². The van der Waals surface area contributed by atoms with Gasteiger partial charge in [0.25, 0.3) is 0 Å². The summed E-state index contributed by atoms with van der Waals surface area (Å²) in [5.74, 6) is -0.784. The Hall–Kier alpha value is -1.36. The van der Waals surface area contributed by atoms with Crippen molar-refractivity contribution in [3.8, 4) is 0 Å². The van der Waals surface area contributed by atoms with E-state index in [9.17, 15) is 4.79 Å². The van der Waals surface area contributed by atoms with Crippen LogP contribution in [0, 0.1) is 0 Å². The Bertz CT molecular complexity index is 362. The molecule has 1 atom stereocenters. The van der Waals surface area contributed by atoms with Crippen LogP contribution in [-0.2, 0) is 11.3 Å². The van der Waals surface area contributed by atoms with E-state index in [1.807, 2.05) is 35.8 Å². The average Bonchev–Trinajstić information content (AvgIpc) is 2.75. The van der Waals surface area contributed by atoms with E-state index < -0.39 is 5.97 Å². The molecule has 0 fully saturated rings. The van der Waals surface area contributed by atoms with Gasteiger partial charge in [0.05, 0.1) is 12.7 Å². The molecule has 5 nitrogen and oxygen atoms in total. The van der Waals surface area contributed by atoms with Crippen LogP contribution in [-0.4, -0.2) is 38.8 Å². The summed E-state index contributed by atoms with van der Waals surface area (Å²) in [7, 11) is 0. The molecule has 0 aliphatic heterocycles. The van der Waals surface area contributed by atoms with Gasteiger partial charge in [0.1, 0.15) is 0 Å². The van der Waals surface area contributed by atoms with Crippen LogP contribution in [0.1, 0.15) is 38.8 Å². The summed E-state index contributed by atoms with van der Waals surface area (Å²) in [6.07, 6.45) is 4.74. The van der Waals surface area contributed by atoms with Crippen molar-refractivity contribution in [3.63, 3.8) is 0 Å². The third kappa shape index (κ3) is 3.85. The third-order valence-corrected chi connectivity index (χ3v) is 2.86. The van der Waals surface area contributed by atoms with Crippen molar-refractivity contribution in [1.29, 1.82) is 0 Å². The molecule has 0 aliphatic rings. The zero-order valence-electron chi connectivity index (χ0n) is 10.8. The lowest BCUT2D eigenvalue weighted by Gasteiger charge is -2.26. The van der Waals surface area contributed by atoms with Crippen molar-refractivity contribution in [2.75, 3.05) is 13.1 Å². The van der Waals surface area contributed by atoms with Crippen molar-refractivity contribution in [3.05, 3.63) is 18.0 Å².